The summed E-state index contributed by atoms with van der Waals surface area (Å²) in [6, 6.07) is 14.5. The smallest absolute Gasteiger partial charge is 0.270 e. The number of carbonyl (C=O) groups is 1. The monoisotopic (exact) mass is 448 g/mol. The van der Waals surface area contributed by atoms with Crippen LogP contribution in [0.2, 0.25) is 0 Å². The Bertz CT molecular complexity index is 1200. The molecule has 172 valence electrons. The zero-order chi connectivity index (χ0) is 23.2. The number of aromatic amines is 1. The van der Waals surface area contributed by atoms with Gasteiger partial charge in [-0.1, -0.05) is 36.9 Å². The Labute approximate surface area is 192 Å². The number of hydrogen-bond donors (Lipinski definition) is 1. The Hall–Kier alpha value is -3.58. The molecule has 1 aliphatic rings. The van der Waals surface area contributed by atoms with Crippen LogP contribution >= 0.6 is 0 Å². The second-order valence-corrected chi connectivity index (χ2v) is 8.00. The number of nitrogens with one attached hydrogen (secondary N) is 1. The lowest BCUT2D eigenvalue weighted by molar-refractivity contribution is 0.0502. The van der Waals surface area contributed by atoms with Crippen molar-refractivity contribution in [2.24, 2.45) is 0 Å². The Morgan fingerprint density at radius 3 is 2.85 bits per heavy atom. The zero-order valence-corrected chi connectivity index (χ0v) is 18.7. The molecular formula is C26H28N2O5. The second kappa shape index (κ2) is 10.4. The third kappa shape index (κ3) is 5.26. The van der Waals surface area contributed by atoms with Crippen molar-refractivity contribution in [3.05, 3.63) is 82.8 Å². The maximum absolute atomic E-state index is 13.5. The molecule has 0 saturated carbocycles. The Morgan fingerprint density at radius 1 is 1.24 bits per heavy atom. The minimum absolute atomic E-state index is 0.0294. The number of pyridine rings is 1. The number of hydrogen-bond acceptors (Lipinski definition) is 5. The molecule has 1 saturated heterocycles. The number of benzene rings is 2. The topological polar surface area (TPSA) is 80.9 Å². The summed E-state index contributed by atoms with van der Waals surface area (Å²) >= 11 is 0. The Balaban J connectivity index is 1.63. The third-order valence-electron chi connectivity index (χ3n) is 5.68. The van der Waals surface area contributed by atoms with Crippen LogP contribution in [-0.2, 0) is 11.3 Å². The summed E-state index contributed by atoms with van der Waals surface area (Å²) in [4.78, 5) is 30.5. The molecule has 3 aromatic rings. The highest BCUT2D eigenvalue weighted by atomic mass is 16.5. The summed E-state index contributed by atoms with van der Waals surface area (Å²) in [7, 11) is 1.58. The Kier molecular flexibility index (Phi) is 7.10. The number of ether oxygens (including phenoxy) is 3. The van der Waals surface area contributed by atoms with E-state index in [0.29, 0.717) is 43.2 Å². The van der Waals surface area contributed by atoms with Gasteiger partial charge in [-0.05, 0) is 48.1 Å². The standard InChI is InChI=1S/C26H28N2O5/c1-3-12-33-23-11-10-18(14-24(23)31-2)16-28(17-20-8-6-13-32-20)26(30)22-15-19-7-4-5-9-21(19)25(29)27-22/h3-5,7,9-11,14-15,20H,1,6,8,12-13,16-17H2,2H3,(H,27,29). The lowest BCUT2D eigenvalue weighted by Gasteiger charge is -2.26. The van der Waals surface area contributed by atoms with Crippen molar-refractivity contribution < 1.29 is 19.0 Å². The van der Waals surface area contributed by atoms with Gasteiger partial charge in [0.05, 0.1) is 13.2 Å². The van der Waals surface area contributed by atoms with Gasteiger partial charge in [-0.25, -0.2) is 0 Å². The van der Waals surface area contributed by atoms with Crippen LogP contribution in [0.5, 0.6) is 11.5 Å². The largest absolute Gasteiger partial charge is 0.493 e. The van der Waals surface area contributed by atoms with Gasteiger partial charge in [0, 0.05) is 25.1 Å². The van der Waals surface area contributed by atoms with E-state index in [2.05, 4.69) is 11.6 Å². The van der Waals surface area contributed by atoms with Crippen molar-refractivity contribution in [1.29, 1.82) is 0 Å². The van der Waals surface area contributed by atoms with Gasteiger partial charge in [-0.15, -0.1) is 0 Å². The summed E-state index contributed by atoms with van der Waals surface area (Å²) in [6.45, 7) is 5.50. The molecule has 1 aromatic heterocycles. The van der Waals surface area contributed by atoms with Crippen LogP contribution < -0.4 is 15.0 Å². The first kappa shape index (κ1) is 22.6. The minimum Gasteiger partial charge on any atom is -0.493 e. The van der Waals surface area contributed by atoms with Crippen LogP contribution in [0.1, 0.15) is 28.9 Å². The highest BCUT2D eigenvalue weighted by Gasteiger charge is 2.25. The summed E-state index contributed by atoms with van der Waals surface area (Å²) in [5.41, 5.74) is 0.862. The fraction of sp³-hybridized carbons (Fsp3) is 0.308. The van der Waals surface area contributed by atoms with Crippen LogP contribution in [0.25, 0.3) is 10.8 Å². The van der Waals surface area contributed by atoms with Crippen LogP contribution in [-0.4, -0.2) is 48.8 Å². The van der Waals surface area contributed by atoms with E-state index in [9.17, 15) is 9.59 Å². The van der Waals surface area contributed by atoms with E-state index in [1.807, 2.05) is 30.3 Å². The van der Waals surface area contributed by atoms with Crippen LogP contribution in [0.3, 0.4) is 0 Å². The van der Waals surface area contributed by atoms with Crippen LogP contribution in [0.15, 0.2) is 66.0 Å². The fourth-order valence-corrected chi connectivity index (χ4v) is 4.05. The van der Waals surface area contributed by atoms with Crippen molar-refractivity contribution in [2.75, 3.05) is 26.9 Å². The molecule has 0 aliphatic carbocycles. The first-order chi connectivity index (χ1) is 16.1. The summed E-state index contributed by atoms with van der Waals surface area (Å²) in [5, 5.41) is 1.28. The van der Waals surface area contributed by atoms with Crippen LogP contribution in [0, 0.1) is 0 Å². The normalized spacial score (nSPS) is 15.4. The van der Waals surface area contributed by atoms with E-state index >= 15 is 0 Å². The van der Waals surface area contributed by atoms with Crippen molar-refractivity contribution >= 4 is 16.7 Å². The van der Waals surface area contributed by atoms with Gasteiger partial charge in [0.1, 0.15) is 12.3 Å². The molecule has 1 aliphatic heterocycles. The average molecular weight is 449 g/mol. The van der Waals surface area contributed by atoms with Gasteiger partial charge in [-0.3, -0.25) is 9.59 Å². The van der Waals surface area contributed by atoms with Gasteiger partial charge in [0.25, 0.3) is 11.5 Å². The number of amides is 1. The number of nitrogens with zero attached hydrogens (tertiary/aromatic N) is 1. The van der Waals surface area contributed by atoms with Crippen molar-refractivity contribution in [1.82, 2.24) is 9.88 Å². The lowest BCUT2D eigenvalue weighted by Crippen LogP contribution is -2.38. The van der Waals surface area contributed by atoms with Gasteiger partial charge in [-0.2, -0.15) is 0 Å². The molecular weight excluding hydrogens is 420 g/mol. The van der Waals surface area contributed by atoms with E-state index in [1.165, 1.54) is 0 Å². The van der Waals surface area contributed by atoms with Crippen molar-refractivity contribution in [2.45, 2.75) is 25.5 Å². The first-order valence-corrected chi connectivity index (χ1v) is 11.0. The first-order valence-electron chi connectivity index (χ1n) is 11.0. The molecule has 33 heavy (non-hydrogen) atoms. The maximum atomic E-state index is 13.5. The molecule has 0 spiro atoms. The number of rotatable bonds is 9. The quantitative estimate of drug-likeness (QED) is 0.502. The molecule has 0 radical (unpaired) electrons. The average Bonchev–Trinajstić information content (AvgIpc) is 3.35. The minimum atomic E-state index is -0.279. The number of carbonyl (C=O) groups excluding carboxylic acids is 1. The van der Waals surface area contributed by atoms with E-state index < -0.39 is 0 Å². The molecule has 1 N–H and O–H groups in total. The Morgan fingerprint density at radius 2 is 2.09 bits per heavy atom. The predicted octanol–water partition coefficient (Wildman–Crippen LogP) is 3.92. The highest BCUT2D eigenvalue weighted by Crippen LogP contribution is 2.29. The van der Waals surface area contributed by atoms with Crippen molar-refractivity contribution in [3.8, 4) is 11.5 Å². The molecule has 4 rings (SSSR count). The molecule has 1 amide bonds. The highest BCUT2D eigenvalue weighted by molar-refractivity contribution is 5.96. The lowest BCUT2D eigenvalue weighted by atomic mass is 10.1. The maximum Gasteiger partial charge on any atom is 0.270 e. The zero-order valence-electron chi connectivity index (χ0n) is 18.7. The molecule has 0 bridgehead atoms. The van der Waals surface area contributed by atoms with Gasteiger partial charge < -0.3 is 24.1 Å². The molecule has 7 heteroatoms. The number of methoxy groups -OCH3 is 1. The summed E-state index contributed by atoms with van der Waals surface area (Å²) in [6.07, 6.45) is 3.51. The molecule has 7 nitrogen and oxygen atoms in total. The molecule has 1 atom stereocenters. The van der Waals surface area contributed by atoms with E-state index in [0.717, 1.165) is 23.8 Å². The SMILES string of the molecule is C=CCOc1ccc(CN(CC2CCCO2)C(=O)c2cc3ccccc3c(=O)[nH]2)cc1OC. The molecule has 1 unspecified atom stereocenters. The summed E-state index contributed by atoms with van der Waals surface area (Å²) in [5.74, 6) is 0.939. The van der Waals surface area contributed by atoms with Crippen molar-refractivity contribution in [3.63, 3.8) is 0 Å². The van der Waals surface area contributed by atoms with E-state index in [-0.39, 0.29) is 23.3 Å². The van der Waals surface area contributed by atoms with Crippen LogP contribution in [0.4, 0.5) is 0 Å². The number of H-pyrrole nitrogens is 1. The molecule has 2 heterocycles. The fourth-order valence-electron chi connectivity index (χ4n) is 4.05. The molecule has 2 aromatic carbocycles. The van der Waals surface area contributed by atoms with E-state index in [1.54, 1.807) is 36.3 Å². The van der Waals surface area contributed by atoms with E-state index in [4.69, 9.17) is 14.2 Å². The number of fused-ring (bicyclic) bond motifs is 1. The number of aromatic nitrogens is 1. The third-order valence-corrected chi connectivity index (χ3v) is 5.68. The molecule has 1 fully saturated rings. The van der Waals surface area contributed by atoms with Gasteiger partial charge in [0.15, 0.2) is 11.5 Å². The summed E-state index contributed by atoms with van der Waals surface area (Å²) < 4.78 is 16.9. The van der Waals surface area contributed by atoms with Gasteiger partial charge >= 0.3 is 0 Å². The second-order valence-electron chi connectivity index (χ2n) is 8.00. The van der Waals surface area contributed by atoms with Gasteiger partial charge in [0.2, 0.25) is 0 Å². The predicted molar refractivity (Wildman–Crippen MR) is 127 cm³/mol.